The zero-order valence-corrected chi connectivity index (χ0v) is 40.0. The number of unbranched alkanes of at least 4 members (excludes halogenated alkanes) is 2. The zero-order chi connectivity index (χ0) is 48.6. The van der Waals surface area contributed by atoms with Gasteiger partial charge >= 0.3 is 12.1 Å². The Kier molecular flexibility index (Phi) is 15.8. The first-order chi connectivity index (χ1) is 32.5. The molecule has 7 amide bonds. The normalized spacial score (nSPS) is 25.1. The van der Waals surface area contributed by atoms with Crippen LogP contribution in [0.3, 0.4) is 0 Å². The van der Waals surface area contributed by atoms with Crippen LogP contribution in [0.15, 0.2) is 60.7 Å². The van der Waals surface area contributed by atoms with E-state index in [9.17, 15) is 33.9 Å². The largest absolute Gasteiger partial charge is 0.508 e. The fraction of sp³-hybridized carbons (Fsp3) is 0.547. The summed E-state index contributed by atoms with van der Waals surface area (Å²) in [6, 6.07) is 17.0. The average Bonchev–Trinajstić information content (AvgIpc) is 3.31. The number of aryl methyl sites for hydroxylation is 2. The number of hydrogen-bond donors (Lipinski definition) is 8. The summed E-state index contributed by atoms with van der Waals surface area (Å²) in [5.74, 6) is -0.603. The number of primary amides is 1. The molecule has 68 heavy (non-hydrogen) atoms. The Morgan fingerprint density at radius 1 is 0.779 bits per heavy atom. The molecule has 2 saturated carbocycles. The van der Waals surface area contributed by atoms with Crippen LogP contribution in [0.5, 0.6) is 5.75 Å². The van der Waals surface area contributed by atoms with Gasteiger partial charge in [-0.05, 0) is 177 Å². The molecule has 0 heterocycles. The summed E-state index contributed by atoms with van der Waals surface area (Å²) in [5, 5.41) is 24.6. The van der Waals surface area contributed by atoms with Crippen LogP contribution in [0.25, 0.3) is 0 Å². The van der Waals surface area contributed by atoms with E-state index < -0.39 is 29.0 Å². The number of rotatable bonds is 17. The van der Waals surface area contributed by atoms with Crippen LogP contribution in [-0.4, -0.2) is 60.0 Å². The Morgan fingerprint density at radius 3 is 2.26 bits per heavy atom. The predicted octanol–water partition coefficient (Wildman–Crippen LogP) is 7.72. The number of alkyl carbamates (subject to hydrolysis) is 1. The summed E-state index contributed by atoms with van der Waals surface area (Å²) in [7, 11) is 0. The maximum absolute atomic E-state index is 14.6. The van der Waals surface area contributed by atoms with Gasteiger partial charge in [-0.3, -0.25) is 24.5 Å². The van der Waals surface area contributed by atoms with Crippen LogP contribution in [0.2, 0.25) is 0 Å². The van der Waals surface area contributed by atoms with Gasteiger partial charge in [0.15, 0.2) is 0 Å². The Labute approximate surface area is 400 Å². The fourth-order valence-electron chi connectivity index (χ4n) is 12.2. The number of fused-ring (bicyclic) bond motifs is 6. The van der Waals surface area contributed by atoms with Crippen molar-refractivity contribution in [2.75, 3.05) is 23.7 Å². The quantitative estimate of drug-likeness (QED) is 0.0487. The highest BCUT2D eigenvalue weighted by atomic mass is 16.5. The third-order valence-electron chi connectivity index (χ3n) is 16.0. The lowest BCUT2D eigenvalue weighted by atomic mass is 9.49. The van der Waals surface area contributed by atoms with E-state index in [-0.39, 0.29) is 65.6 Å². The number of phenols is 1. The van der Waals surface area contributed by atoms with E-state index >= 15 is 0 Å². The molecule has 15 heteroatoms. The molecule has 0 aliphatic heterocycles. The average molecular weight is 934 g/mol. The van der Waals surface area contributed by atoms with Crippen LogP contribution in [-0.2, 0) is 48.8 Å². The van der Waals surface area contributed by atoms with E-state index in [4.69, 9.17) is 16.2 Å². The van der Waals surface area contributed by atoms with Gasteiger partial charge < -0.3 is 42.6 Å². The van der Waals surface area contributed by atoms with Crippen molar-refractivity contribution in [1.82, 2.24) is 16.0 Å². The van der Waals surface area contributed by atoms with Crippen molar-refractivity contribution in [2.45, 2.75) is 147 Å². The van der Waals surface area contributed by atoms with Crippen LogP contribution < -0.4 is 38.1 Å². The van der Waals surface area contributed by atoms with Gasteiger partial charge in [0.05, 0.1) is 10.8 Å². The van der Waals surface area contributed by atoms with Gasteiger partial charge in [-0.25, -0.2) is 9.59 Å². The minimum Gasteiger partial charge on any atom is -0.508 e. The third-order valence-corrected chi connectivity index (χ3v) is 16.0. The number of amides is 7. The van der Waals surface area contributed by atoms with Gasteiger partial charge in [0, 0.05) is 24.3 Å². The van der Waals surface area contributed by atoms with Gasteiger partial charge in [-0.15, -0.1) is 0 Å². The molecule has 6 unspecified atom stereocenters. The highest BCUT2D eigenvalue weighted by Gasteiger charge is 2.57. The van der Waals surface area contributed by atoms with Crippen LogP contribution in [0.1, 0.15) is 144 Å². The molecule has 7 rings (SSSR count). The van der Waals surface area contributed by atoms with Gasteiger partial charge in [-0.2, -0.15) is 0 Å². The number of phenolic OH excluding ortho intramolecular Hbond substituents is 1. The summed E-state index contributed by atoms with van der Waals surface area (Å²) in [5.41, 5.74) is 15.6. The molecule has 0 aromatic heterocycles. The van der Waals surface area contributed by atoms with E-state index in [1.54, 1.807) is 30.3 Å². The lowest BCUT2D eigenvalue weighted by Gasteiger charge is -2.54. The highest BCUT2D eigenvalue weighted by molar-refractivity contribution is 6.01. The second-order valence-corrected chi connectivity index (χ2v) is 20.4. The number of benzene rings is 3. The van der Waals surface area contributed by atoms with Gasteiger partial charge in [0.25, 0.3) is 0 Å². The van der Waals surface area contributed by atoms with Crippen molar-refractivity contribution in [1.29, 1.82) is 0 Å². The predicted molar refractivity (Wildman–Crippen MR) is 260 cm³/mol. The highest BCUT2D eigenvalue weighted by Crippen LogP contribution is 2.58. The summed E-state index contributed by atoms with van der Waals surface area (Å²) in [4.78, 5) is 79.2. The van der Waals surface area contributed by atoms with Crippen molar-refractivity contribution in [3.8, 4) is 5.75 Å². The van der Waals surface area contributed by atoms with Gasteiger partial charge in [-0.1, -0.05) is 57.9 Å². The molecule has 15 nitrogen and oxygen atoms in total. The number of aromatic hydroxyl groups is 1. The van der Waals surface area contributed by atoms with E-state index in [0.717, 1.165) is 62.5 Å². The summed E-state index contributed by atoms with van der Waals surface area (Å²) < 4.78 is 5.52. The Balaban J connectivity index is 0.956. The van der Waals surface area contributed by atoms with E-state index in [0.29, 0.717) is 75.0 Å². The molecule has 10 N–H and O–H groups in total. The van der Waals surface area contributed by atoms with Crippen molar-refractivity contribution >= 4 is 47.1 Å². The minimum absolute atomic E-state index is 0.00127. The molecule has 366 valence electrons. The van der Waals surface area contributed by atoms with E-state index in [1.165, 1.54) is 11.1 Å². The topological polar surface area (TPSA) is 244 Å². The lowest BCUT2D eigenvalue weighted by Crippen LogP contribution is -2.58. The molecule has 3 aromatic carbocycles. The summed E-state index contributed by atoms with van der Waals surface area (Å²) in [6.45, 7) is 7.10. The van der Waals surface area contributed by atoms with Gasteiger partial charge in [0.1, 0.15) is 18.4 Å². The van der Waals surface area contributed by atoms with Crippen LogP contribution in [0.4, 0.5) is 21.0 Å². The molecule has 7 atom stereocenters. The minimum atomic E-state index is -0.888. The SMILES string of the molecule is CC1(C(=O)NC(=O)[C@@]2(C)CCCC3(C)c4cc(O)ccc4CCC32)CCCC2c3cc(NC(=O)C(CCCCN)NC(=O)OCc4ccc(NC(=O)CCCCNC(N)=O)cc4)ccc3CCC21. The third kappa shape index (κ3) is 11.1. The smallest absolute Gasteiger partial charge is 0.408 e. The standard InChI is InChI=1S/C53H71N7O8/c1-51-26-9-27-53(3,44(51)24-18-35-16-22-38(61)31-42(35)51)48(65)60-47(64)52(2)25-8-10-39-40-30-37(21-15-34(40)17-23-41(39)52)58-46(63)43(11-4-6-28-54)59-50(67)68-32-33-13-19-36(20-14-33)57-45(62)12-5-7-29-56-49(55)66/h13-16,19-22,30-31,39,41,43-44,61H,4-12,17-18,23-29,32,54H2,1-3H3,(H,57,62)(H,58,63)(H,59,67)(H3,55,56,66)(H,60,64,65)/t39?,41?,43?,44?,51?,52?,53-/m0/s1. The molecular weight excluding hydrogens is 863 g/mol. The maximum Gasteiger partial charge on any atom is 0.408 e. The Morgan fingerprint density at radius 2 is 1.50 bits per heavy atom. The van der Waals surface area contributed by atoms with Crippen LogP contribution in [0, 0.1) is 22.7 Å². The van der Waals surface area contributed by atoms with Crippen molar-refractivity contribution in [2.24, 2.45) is 34.1 Å². The van der Waals surface area contributed by atoms with Crippen molar-refractivity contribution in [3.05, 3.63) is 88.5 Å². The zero-order valence-electron chi connectivity index (χ0n) is 40.0. The Hall–Kier alpha value is -5.96. The molecule has 0 saturated heterocycles. The molecule has 0 spiro atoms. The summed E-state index contributed by atoms with van der Waals surface area (Å²) in [6.07, 6.45) is 10.6. The molecular formula is C53H71N7O8. The monoisotopic (exact) mass is 934 g/mol. The molecule has 2 fully saturated rings. The second-order valence-electron chi connectivity index (χ2n) is 20.4. The first kappa shape index (κ1) is 49.9. The number of hydrogen-bond acceptors (Lipinski definition) is 9. The number of nitrogens with two attached hydrogens (primary N) is 2. The first-order valence-electron chi connectivity index (χ1n) is 24.7. The number of carbonyl (C=O) groups excluding carboxylic acids is 6. The van der Waals surface area contributed by atoms with Crippen molar-refractivity contribution < 1.29 is 38.6 Å². The van der Waals surface area contributed by atoms with Crippen molar-refractivity contribution in [3.63, 3.8) is 0 Å². The molecule has 4 aliphatic rings. The molecule has 3 aromatic rings. The van der Waals surface area contributed by atoms with Crippen LogP contribution >= 0.6 is 0 Å². The number of imide groups is 1. The first-order valence-corrected chi connectivity index (χ1v) is 24.7. The lowest BCUT2D eigenvalue weighted by molar-refractivity contribution is -0.149. The summed E-state index contributed by atoms with van der Waals surface area (Å²) >= 11 is 0. The van der Waals surface area contributed by atoms with E-state index in [1.807, 2.05) is 44.2 Å². The number of anilines is 2. The number of urea groups is 1. The second kappa shape index (κ2) is 21.6. The molecule has 0 radical (unpaired) electrons. The van der Waals surface area contributed by atoms with E-state index in [2.05, 4.69) is 33.5 Å². The maximum atomic E-state index is 14.6. The van der Waals surface area contributed by atoms with Gasteiger partial charge in [0.2, 0.25) is 23.6 Å². The fourth-order valence-corrected chi connectivity index (χ4v) is 12.2. The number of ether oxygens (including phenoxy) is 1. The molecule has 4 aliphatic carbocycles. The number of carbonyl (C=O) groups is 6. The number of nitrogens with one attached hydrogen (secondary N) is 5. The molecule has 0 bridgehead atoms. The Bertz CT molecular complexity index is 2360.